The van der Waals surface area contributed by atoms with E-state index >= 15 is 0 Å². The fourth-order valence-electron chi connectivity index (χ4n) is 0.789. The minimum atomic E-state index is -1.09. The topological polar surface area (TPSA) is 92.8 Å². The van der Waals surface area contributed by atoms with Gasteiger partial charge in [0.2, 0.25) is 6.08 Å². The Labute approximate surface area is 70.3 Å². The molecule has 0 heterocycles. The number of isocyanates is 1. The maximum atomic E-state index is 10.4. The van der Waals surface area contributed by atoms with E-state index in [1.54, 1.807) is 0 Å². The first kappa shape index (κ1) is 10.8. The van der Waals surface area contributed by atoms with Gasteiger partial charge in [0.15, 0.2) is 6.04 Å². The highest BCUT2D eigenvalue weighted by atomic mass is 16.4. The average Bonchev–Trinajstić information content (AvgIpc) is 2.03. The molecule has 0 fully saturated rings. The maximum Gasteiger partial charge on any atom is 0.329 e. The minimum absolute atomic E-state index is 0.349. The smallest absolute Gasteiger partial charge is 0.329 e. The number of nitrogens with zero attached hydrogens (tertiary/aromatic N) is 1. The molecule has 0 aromatic carbocycles. The second-order valence-corrected chi connectivity index (χ2v) is 2.36. The zero-order valence-electron chi connectivity index (χ0n) is 6.69. The molecule has 0 aliphatic rings. The minimum Gasteiger partial charge on any atom is -0.480 e. The lowest BCUT2D eigenvalue weighted by Crippen LogP contribution is -2.17. The summed E-state index contributed by atoms with van der Waals surface area (Å²) >= 11 is 0. The van der Waals surface area contributed by atoms with Gasteiger partial charge in [-0.3, -0.25) is 0 Å². The van der Waals surface area contributed by atoms with E-state index in [0.717, 1.165) is 6.42 Å². The first-order valence-electron chi connectivity index (χ1n) is 3.72. The van der Waals surface area contributed by atoms with Gasteiger partial charge in [0.05, 0.1) is 0 Å². The van der Waals surface area contributed by atoms with Gasteiger partial charge in [-0.25, -0.2) is 9.59 Å². The molecule has 0 aromatic heterocycles. The summed E-state index contributed by atoms with van der Waals surface area (Å²) in [5, 5.41) is 8.50. The van der Waals surface area contributed by atoms with Crippen LogP contribution in [0, 0.1) is 0 Å². The lowest BCUT2D eigenvalue weighted by Gasteiger charge is -2.02. The van der Waals surface area contributed by atoms with Crippen LogP contribution in [0.3, 0.4) is 0 Å². The van der Waals surface area contributed by atoms with Crippen LogP contribution in [0.25, 0.3) is 0 Å². The number of aliphatic carboxylic acids is 1. The molecule has 3 N–H and O–H groups in total. The van der Waals surface area contributed by atoms with Crippen molar-refractivity contribution in [2.24, 2.45) is 10.7 Å². The van der Waals surface area contributed by atoms with Crippen LogP contribution in [-0.4, -0.2) is 29.7 Å². The van der Waals surface area contributed by atoms with Crippen LogP contribution in [0.4, 0.5) is 0 Å². The van der Waals surface area contributed by atoms with E-state index in [4.69, 9.17) is 10.8 Å². The molecule has 5 heteroatoms. The third kappa shape index (κ3) is 4.60. The predicted molar refractivity (Wildman–Crippen MR) is 42.5 cm³/mol. The molecule has 1 atom stereocenters. The fourth-order valence-corrected chi connectivity index (χ4v) is 0.789. The molecule has 12 heavy (non-hydrogen) atoms. The number of carboxylic acid groups (broad SMARTS) is 1. The lowest BCUT2D eigenvalue weighted by atomic mass is 10.1. The van der Waals surface area contributed by atoms with E-state index in [1.807, 2.05) is 0 Å². The van der Waals surface area contributed by atoms with E-state index in [0.29, 0.717) is 19.4 Å². The number of hydrogen-bond acceptors (Lipinski definition) is 4. The number of carboxylic acids is 1. The van der Waals surface area contributed by atoms with Crippen molar-refractivity contribution in [3.63, 3.8) is 0 Å². The Balaban J connectivity index is 3.79. The number of rotatable bonds is 6. The van der Waals surface area contributed by atoms with Crippen molar-refractivity contribution in [3.8, 4) is 0 Å². The standard InChI is InChI=1S/C7H12N2O3/c8-4-2-1-3-6(7(11)12)9-5-10/h6H,1-4,8H2,(H,11,12). The molecule has 68 valence electrons. The summed E-state index contributed by atoms with van der Waals surface area (Å²) in [4.78, 5) is 23.3. The maximum absolute atomic E-state index is 10.4. The van der Waals surface area contributed by atoms with Crippen molar-refractivity contribution >= 4 is 12.0 Å². The monoisotopic (exact) mass is 172 g/mol. The van der Waals surface area contributed by atoms with Gasteiger partial charge in [-0.2, -0.15) is 4.99 Å². The lowest BCUT2D eigenvalue weighted by molar-refractivity contribution is -0.138. The van der Waals surface area contributed by atoms with Crippen LogP contribution in [0.1, 0.15) is 19.3 Å². The molecule has 0 rings (SSSR count). The summed E-state index contributed by atoms with van der Waals surface area (Å²) in [7, 11) is 0. The summed E-state index contributed by atoms with van der Waals surface area (Å²) < 4.78 is 0. The summed E-state index contributed by atoms with van der Waals surface area (Å²) in [6.07, 6.45) is 3.00. The highest BCUT2D eigenvalue weighted by Gasteiger charge is 2.14. The van der Waals surface area contributed by atoms with Crippen LogP contribution in [0.15, 0.2) is 4.99 Å². The van der Waals surface area contributed by atoms with Gasteiger partial charge in [-0.15, -0.1) is 0 Å². The molecular weight excluding hydrogens is 160 g/mol. The van der Waals surface area contributed by atoms with E-state index in [2.05, 4.69) is 4.99 Å². The van der Waals surface area contributed by atoms with Crippen molar-refractivity contribution in [2.45, 2.75) is 25.3 Å². The molecule has 0 amide bonds. The largest absolute Gasteiger partial charge is 0.480 e. The predicted octanol–water partition coefficient (Wildman–Crippen LogP) is -0.0956. The van der Waals surface area contributed by atoms with Gasteiger partial charge in [0.25, 0.3) is 0 Å². The molecule has 1 unspecified atom stereocenters. The molecule has 0 aliphatic carbocycles. The van der Waals surface area contributed by atoms with E-state index < -0.39 is 12.0 Å². The number of carbonyl (C=O) groups excluding carboxylic acids is 1. The van der Waals surface area contributed by atoms with Gasteiger partial charge >= 0.3 is 5.97 Å². The second kappa shape index (κ2) is 6.52. The van der Waals surface area contributed by atoms with Gasteiger partial charge in [0.1, 0.15) is 0 Å². The summed E-state index contributed by atoms with van der Waals surface area (Å²) in [5.74, 6) is -1.09. The summed E-state index contributed by atoms with van der Waals surface area (Å²) in [5.41, 5.74) is 5.21. The zero-order chi connectivity index (χ0) is 9.40. The summed E-state index contributed by atoms with van der Waals surface area (Å²) in [6.45, 7) is 0.525. The van der Waals surface area contributed by atoms with Crippen molar-refractivity contribution in [3.05, 3.63) is 0 Å². The van der Waals surface area contributed by atoms with Gasteiger partial charge in [-0.1, -0.05) is 0 Å². The van der Waals surface area contributed by atoms with Crippen LogP contribution in [0.2, 0.25) is 0 Å². The molecule has 5 nitrogen and oxygen atoms in total. The normalized spacial score (nSPS) is 11.8. The Morgan fingerprint density at radius 3 is 2.67 bits per heavy atom. The number of hydrogen-bond donors (Lipinski definition) is 2. The molecule has 0 saturated heterocycles. The Hall–Kier alpha value is -1.19. The van der Waals surface area contributed by atoms with Crippen molar-refractivity contribution in [2.75, 3.05) is 6.54 Å². The SMILES string of the molecule is NCCCCC(N=C=O)C(=O)O. The third-order valence-electron chi connectivity index (χ3n) is 1.43. The molecule has 0 radical (unpaired) electrons. The van der Waals surface area contributed by atoms with Crippen molar-refractivity contribution in [1.82, 2.24) is 0 Å². The van der Waals surface area contributed by atoms with E-state index in [-0.39, 0.29) is 0 Å². The Kier molecular flexibility index (Phi) is 5.87. The van der Waals surface area contributed by atoms with Crippen LogP contribution in [-0.2, 0) is 9.59 Å². The Morgan fingerprint density at radius 1 is 1.58 bits per heavy atom. The third-order valence-corrected chi connectivity index (χ3v) is 1.43. The second-order valence-electron chi connectivity index (χ2n) is 2.36. The number of nitrogens with two attached hydrogens (primary N) is 1. The molecule has 0 spiro atoms. The van der Waals surface area contributed by atoms with Gasteiger partial charge in [0, 0.05) is 0 Å². The number of unbranched alkanes of at least 4 members (excludes halogenated alkanes) is 1. The van der Waals surface area contributed by atoms with Gasteiger partial charge < -0.3 is 10.8 Å². The molecule has 0 saturated carbocycles. The van der Waals surface area contributed by atoms with Crippen molar-refractivity contribution < 1.29 is 14.7 Å². The van der Waals surface area contributed by atoms with E-state index in [1.165, 1.54) is 6.08 Å². The molecular formula is C7H12N2O3. The zero-order valence-corrected chi connectivity index (χ0v) is 6.69. The van der Waals surface area contributed by atoms with Crippen LogP contribution in [0.5, 0.6) is 0 Å². The first-order valence-corrected chi connectivity index (χ1v) is 3.72. The number of carbonyl (C=O) groups is 1. The highest BCUT2D eigenvalue weighted by molar-refractivity contribution is 5.74. The highest BCUT2D eigenvalue weighted by Crippen LogP contribution is 2.03. The average molecular weight is 172 g/mol. The fraction of sp³-hybridized carbons (Fsp3) is 0.714. The van der Waals surface area contributed by atoms with Gasteiger partial charge in [-0.05, 0) is 25.8 Å². The molecule has 0 bridgehead atoms. The Morgan fingerprint density at radius 2 is 2.25 bits per heavy atom. The van der Waals surface area contributed by atoms with Crippen molar-refractivity contribution in [1.29, 1.82) is 0 Å². The quantitative estimate of drug-likeness (QED) is 0.332. The van der Waals surface area contributed by atoms with E-state index in [9.17, 15) is 9.59 Å². The van der Waals surface area contributed by atoms with Crippen LogP contribution >= 0.6 is 0 Å². The molecule has 0 aliphatic heterocycles. The van der Waals surface area contributed by atoms with Crippen LogP contribution < -0.4 is 5.73 Å². The summed E-state index contributed by atoms with van der Waals surface area (Å²) in [6, 6.07) is -0.950. The Bertz CT molecular complexity index is 185. The molecule has 0 aromatic rings. The first-order chi connectivity index (χ1) is 5.72. The number of aliphatic imine (C=N–C) groups is 1.